The lowest BCUT2D eigenvalue weighted by Crippen LogP contribution is -2.27. The Kier molecular flexibility index (Phi) is 4.52. The van der Waals surface area contributed by atoms with Gasteiger partial charge in [-0.05, 0) is 18.2 Å². The summed E-state index contributed by atoms with van der Waals surface area (Å²) in [5.74, 6) is -0.385. The van der Waals surface area contributed by atoms with Crippen LogP contribution in [-0.4, -0.2) is 22.2 Å². The molecular weight excluding hydrogens is 307 g/mol. The number of rotatable bonds is 4. The van der Waals surface area contributed by atoms with Gasteiger partial charge in [0.1, 0.15) is 0 Å². The normalized spacial score (nSPS) is 11.4. The molecule has 0 saturated carbocycles. The summed E-state index contributed by atoms with van der Waals surface area (Å²) in [6, 6.07) is 7.40. The van der Waals surface area contributed by atoms with Crippen molar-refractivity contribution in [3.63, 3.8) is 0 Å². The molecule has 112 valence electrons. The number of hydrogen-bond donors (Lipinski definition) is 1. The van der Waals surface area contributed by atoms with Crippen LogP contribution in [0.15, 0.2) is 36.5 Å². The number of halogens is 4. The van der Waals surface area contributed by atoms with Crippen LogP contribution in [0.4, 0.5) is 13.2 Å². The van der Waals surface area contributed by atoms with Gasteiger partial charge in [-0.1, -0.05) is 23.7 Å². The van der Waals surface area contributed by atoms with E-state index < -0.39 is 11.9 Å². The molecule has 4 nitrogen and oxygen atoms in total. The summed E-state index contributed by atoms with van der Waals surface area (Å²) in [4.78, 5) is 11.8. The molecule has 1 aromatic heterocycles. The Labute approximate surface area is 123 Å². The van der Waals surface area contributed by atoms with Gasteiger partial charge in [0, 0.05) is 12.7 Å². The van der Waals surface area contributed by atoms with Gasteiger partial charge in [0.25, 0.3) is 5.91 Å². The lowest BCUT2D eigenvalue weighted by Gasteiger charge is -2.07. The van der Waals surface area contributed by atoms with E-state index in [0.717, 1.165) is 10.7 Å². The molecule has 0 atom stereocenters. The lowest BCUT2D eigenvalue weighted by molar-refractivity contribution is -0.141. The van der Waals surface area contributed by atoms with E-state index in [1.807, 2.05) is 0 Å². The quantitative estimate of drug-likeness (QED) is 0.942. The van der Waals surface area contributed by atoms with E-state index >= 15 is 0 Å². The van der Waals surface area contributed by atoms with Gasteiger partial charge >= 0.3 is 6.18 Å². The molecule has 0 radical (unpaired) electrons. The fourth-order valence-electron chi connectivity index (χ4n) is 1.66. The highest BCUT2D eigenvalue weighted by atomic mass is 35.5. The molecule has 0 aliphatic heterocycles. The summed E-state index contributed by atoms with van der Waals surface area (Å²) in [5, 5.41) is 6.27. The van der Waals surface area contributed by atoms with Crippen molar-refractivity contribution in [2.45, 2.75) is 12.7 Å². The Morgan fingerprint density at radius 3 is 2.62 bits per heavy atom. The van der Waals surface area contributed by atoms with Crippen LogP contribution in [0, 0.1) is 0 Å². The number of benzene rings is 1. The highest BCUT2D eigenvalue weighted by molar-refractivity contribution is 6.33. The van der Waals surface area contributed by atoms with E-state index in [4.69, 9.17) is 11.6 Å². The van der Waals surface area contributed by atoms with Crippen LogP contribution in [0.25, 0.3) is 0 Å². The van der Waals surface area contributed by atoms with Gasteiger partial charge < -0.3 is 5.32 Å². The van der Waals surface area contributed by atoms with Crippen molar-refractivity contribution in [1.82, 2.24) is 15.1 Å². The standard InChI is InChI=1S/C13H11ClF3N3O/c14-10-4-2-1-3-9(10)12(21)18-6-8-20-7-5-11(19-20)13(15,16)17/h1-5,7H,6,8H2,(H,18,21). The molecule has 0 unspecified atom stereocenters. The average Bonchev–Trinajstić information content (AvgIpc) is 2.88. The minimum absolute atomic E-state index is 0.131. The van der Waals surface area contributed by atoms with Gasteiger partial charge in [0.15, 0.2) is 5.69 Å². The van der Waals surface area contributed by atoms with Crippen molar-refractivity contribution in [3.8, 4) is 0 Å². The van der Waals surface area contributed by atoms with Gasteiger partial charge in [-0.15, -0.1) is 0 Å². The summed E-state index contributed by atoms with van der Waals surface area (Å²) in [5.41, 5.74) is -0.643. The molecule has 0 aliphatic carbocycles. The molecular formula is C13H11ClF3N3O. The largest absolute Gasteiger partial charge is 0.435 e. The van der Waals surface area contributed by atoms with Gasteiger partial charge in [-0.2, -0.15) is 18.3 Å². The molecule has 1 amide bonds. The number of amides is 1. The fourth-order valence-corrected chi connectivity index (χ4v) is 1.88. The number of nitrogens with one attached hydrogen (secondary N) is 1. The zero-order valence-corrected chi connectivity index (χ0v) is 11.4. The van der Waals surface area contributed by atoms with E-state index in [1.54, 1.807) is 24.3 Å². The molecule has 1 heterocycles. The molecule has 0 spiro atoms. The Balaban J connectivity index is 1.89. The summed E-state index contributed by atoms with van der Waals surface area (Å²) >= 11 is 5.87. The summed E-state index contributed by atoms with van der Waals surface area (Å²) in [7, 11) is 0. The first kappa shape index (κ1) is 15.4. The van der Waals surface area contributed by atoms with Crippen molar-refractivity contribution < 1.29 is 18.0 Å². The minimum atomic E-state index is -4.47. The number of hydrogen-bond acceptors (Lipinski definition) is 2. The van der Waals surface area contributed by atoms with Crippen molar-refractivity contribution in [2.24, 2.45) is 0 Å². The topological polar surface area (TPSA) is 46.9 Å². The van der Waals surface area contributed by atoms with E-state index in [0.29, 0.717) is 10.6 Å². The number of carbonyl (C=O) groups excluding carboxylic acids is 1. The fraction of sp³-hybridized carbons (Fsp3) is 0.231. The van der Waals surface area contributed by atoms with Crippen LogP contribution in [0.3, 0.4) is 0 Å². The molecule has 21 heavy (non-hydrogen) atoms. The second-order valence-electron chi connectivity index (χ2n) is 4.20. The molecule has 0 aliphatic rings. The van der Waals surface area contributed by atoms with Crippen LogP contribution in [0.1, 0.15) is 16.1 Å². The van der Waals surface area contributed by atoms with E-state index in [2.05, 4.69) is 10.4 Å². The van der Waals surface area contributed by atoms with Crippen molar-refractivity contribution in [1.29, 1.82) is 0 Å². The van der Waals surface area contributed by atoms with Crippen LogP contribution < -0.4 is 5.32 Å². The third-order valence-corrected chi connectivity index (χ3v) is 3.01. The summed E-state index contributed by atoms with van der Waals surface area (Å²) < 4.78 is 38.2. The highest BCUT2D eigenvalue weighted by Gasteiger charge is 2.33. The molecule has 1 N–H and O–H groups in total. The van der Waals surface area contributed by atoms with Crippen LogP contribution in [0.2, 0.25) is 5.02 Å². The zero-order valence-electron chi connectivity index (χ0n) is 10.7. The molecule has 1 aromatic carbocycles. The van der Waals surface area contributed by atoms with Gasteiger partial charge in [-0.25, -0.2) is 0 Å². The highest BCUT2D eigenvalue weighted by Crippen LogP contribution is 2.27. The second kappa shape index (κ2) is 6.17. The van der Waals surface area contributed by atoms with Crippen LogP contribution in [-0.2, 0) is 12.7 Å². The lowest BCUT2D eigenvalue weighted by atomic mass is 10.2. The Morgan fingerprint density at radius 2 is 2.00 bits per heavy atom. The number of carbonyl (C=O) groups is 1. The third kappa shape index (κ3) is 3.98. The first-order chi connectivity index (χ1) is 9.88. The maximum Gasteiger partial charge on any atom is 0.435 e. The Bertz CT molecular complexity index is 640. The summed E-state index contributed by atoms with van der Waals surface area (Å²) in [6.45, 7) is 0.273. The number of alkyl halides is 3. The molecule has 0 saturated heterocycles. The molecule has 2 rings (SSSR count). The number of aromatic nitrogens is 2. The van der Waals surface area contributed by atoms with Crippen molar-refractivity contribution in [2.75, 3.05) is 6.54 Å². The van der Waals surface area contributed by atoms with Gasteiger partial charge in [-0.3, -0.25) is 9.48 Å². The zero-order chi connectivity index (χ0) is 15.5. The third-order valence-electron chi connectivity index (χ3n) is 2.68. The first-order valence-corrected chi connectivity index (χ1v) is 6.39. The van der Waals surface area contributed by atoms with Crippen LogP contribution in [0.5, 0.6) is 0 Å². The van der Waals surface area contributed by atoms with E-state index in [-0.39, 0.29) is 19.0 Å². The summed E-state index contributed by atoms with van der Waals surface area (Å²) in [6.07, 6.45) is -3.25. The van der Waals surface area contributed by atoms with Crippen LogP contribution >= 0.6 is 11.6 Å². The molecule has 2 aromatic rings. The maximum atomic E-state index is 12.4. The average molecular weight is 318 g/mol. The first-order valence-electron chi connectivity index (χ1n) is 6.01. The predicted octanol–water partition coefficient (Wildman–Crippen LogP) is 2.99. The van der Waals surface area contributed by atoms with Gasteiger partial charge in [0.2, 0.25) is 0 Å². The van der Waals surface area contributed by atoms with Gasteiger partial charge in [0.05, 0.1) is 17.1 Å². The second-order valence-corrected chi connectivity index (χ2v) is 4.60. The minimum Gasteiger partial charge on any atom is -0.350 e. The molecule has 0 fully saturated rings. The predicted molar refractivity (Wildman–Crippen MR) is 71.0 cm³/mol. The smallest absolute Gasteiger partial charge is 0.350 e. The maximum absolute atomic E-state index is 12.4. The molecule has 0 bridgehead atoms. The molecule has 8 heteroatoms. The SMILES string of the molecule is O=C(NCCn1ccc(C(F)(F)F)n1)c1ccccc1Cl. The number of nitrogens with zero attached hydrogens (tertiary/aromatic N) is 2. The van der Waals surface area contributed by atoms with Crippen molar-refractivity contribution in [3.05, 3.63) is 52.8 Å². The van der Waals surface area contributed by atoms with Crippen molar-refractivity contribution >= 4 is 17.5 Å². The monoisotopic (exact) mass is 317 g/mol. The van der Waals surface area contributed by atoms with E-state index in [9.17, 15) is 18.0 Å². The Morgan fingerprint density at radius 1 is 1.29 bits per heavy atom. The Hall–Kier alpha value is -2.02. The van der Waals surface area contributed by atoms with E-state index in [1.165, 1.54) is 6.20 Å².